The molecule has 0 unspecified atom stereocenters. The van der Waals surface area contributed by atoms with Crippen molar-refractivity contribution in [3.8, 4) is 0 Å². The molecule has 0 aliphatic carbocycles. The summed E-state index contributed by atoms with van der Waals surface area (Å²) in [7, 11) is 0. The molecule has 1 aliphatic heterocycles. The van der Waals surface area contributed by atoms with E-state index in [1.165, 1.54) is 12.8 Å². The topological polar surface area (TPSA) is 52.6 Å². The van der Waals surface area contributed by atoms with Crippen LogP contribution in [0.3, 0.4) is 0 Å². The maximum Gasteiger partial charge on any atom is 0.191 e. The van der Waals surface area contributed by atoms with E-state index in [1.807, 2.05) is 18.0 Å². The van der Waals surface area contributed by atoms with E-state index in [9.17, 15) is 0 Å². The van der Waals surface area contributed by atoms with Gasteiger partial charge in [-0.3, -0.25) is 0 Å². The smallest absolute Gasteiger partial charge is 0.191 e. The van der Waals surface area contributed by atoms with Crippen LogP contribution in [0.4, 0.5) is 5.82 Å². The van der Waals surface area contributed by atoms with Crippen LogP contribution in [0.15, 0.2) is 23.3 Å². The Kier molecular flexibility index (Phi) is 8.07. The maximum absolute atomic E-state index is 4.70. The van der Waals surface area contributed by atoms with Gasteiger partial charge >= 0.3 is 0 Å². The van der Waals surface area contributed by atoms with E-state index in [1.54, 1.807) is 0 Å². The molecule has 0 saturated carbocycles. The van der Waals surface area contributed by atoms with Crippen molar-refractivity contribution < 1.29 is 0 Å². The molecule has 0 aromatic carbocycles. The summed E-state index contributed by atoms with van der Waals surface area (Å²) in [5, 5.41) is 6.76. The minimum atomic E-state index is 0.186. The standard InChI is InChI=1S/C20H35N5S/c1-6-21-19(24-15-20(3,4)26-5)23-14-17-7-8-18(22-13-17)25-11-9-16(2)10-12-25/h7-8,13,16H,6,9-12,14-15H2,1-5H3,(H2,21,23,24). The molecule has 0 spiro atoms. The summed E-state index contributed by atoms with van der Waals surface area (Å²) < 4.78 is 0.186. The number of anilines is 1. The zero-order valence-electron chi connectivity index (χ0n) is 17.0. The third-order valence-electron chi connectivity index (χ3n) is 4.91. The second-order valence-electron chi connectivity index (χ2n) is 7.71. The number of thioether (sulfide) groups is 1. The zero-order valence-corrected chi connectivity index (χ0v) is 17.8. The third kappa shape index (κ3) is 6.71. The lowest BCUT2D eigenvalue weighted by Crippen LogP contribution is -2.43. The molecule has 2 N–H and O–H groups in total. The molecule has 0 bridgehead atoms. The van der Waals surface area contributed by atoms with Gasteiger partial charge < -0.3 is 15.5 Å². The van der Waals surface area contributed by atoms with Crippen LogP contribution < -0.4 is 15.5 Å². The van der Waals surface area contributed by atoms with E-state index >= 15 is 0 Å². The van der Waals surface area contributed by atoms with E-state index < -0.39 is 0 Å². The van der Waals surface area contributed by atoms with Crippen LogP contribution in [-0.2, 0) is 6.54 Å². The van der Waals surface area contributed by atoms with Crippen molar-refractivity contribution in [2.24, 2.45) is 10.9 Å². The van der Waals surface area contributed by atoms with Crippen LogP contribution in [0.25, 0.3) is 0 Å². The molecule has 1 saturated heterocycles. The van der Waals surface area contributed by atoms with Crippen molar-refractivity contribution in [1.29, 1.82) is 0 Å². The molecule has 1 aromatic rings. The third-order valence-corrected chi connectivity index (χ3v) is 6.16. The van der Waals surface area contributed by atoms with Gasteiger partial charge in [-0.05, 0) is 57.4 Å². The summed E-state index contributed by atoms with van der Waals surface area (Å²) in [5.74, 6) is 2.80. The Morgan fingerprint density at radius 2 is 2.04 bits per heavy atom. The average Bonchev–Trinajstić information content (AvgIpc) is 2.65. The van der Waals surface area contributed by atoms with Crippen LogP contribution >= 0.6 is 11.8 Å². The molecule has 0 amide bonds. The number of aromatic nitrogens is 1. The van der Waals surface area contributed by atoms with Crippen LogP contribution in [-0.4, -0.2) is 48.1 Å². The van der Waals surface area contributed by atoms with E-state index in [2.05, 4.69) is 66.6 Å². The summed E-state index contributed by atoms with van der Waals surface area (Å²) in [4.78, 5) is 11.8. The first-order chi connectivity index (χ1) is 12.4. The molecule has 146 valence electrons. The Morgan fingerprint density at radius 1 is 1.31 bits per heavy atom. The molecule has 1 fully saturated rings. The molecule has 2 heterocycles. The number of pyridine rings is 1. The Bertz CT molecular complexity index is 562. The first-order valence-electron chi connectivity index (χ1n) is 9.70. The van der Waals surface area contributed by atoms with Crippen molar-refractivity contribution >= 4 is 23.5 Å². The SMILES string of the molecule is CCNC(=NCc1ccc(N2CCC(C)CC2)nc1)NCC(C)(C)SC. The summed E-state index contributed by atoms with van der Waals surface area (Å²) in [5.41, 5.74) is 1.14. The Hall–Kier alpha value is -1.43. The summed E-state index contributed by atoms with van der Waals surface area (Å²) in [6.45, 7) is 13.5. The highest BCUT2D eigenvalue weighted by molar-refractivity contribution is 7.99. The summed E-state index contributed by atoms with van der Waals surface area (Å²) >= 11 is 1.86. The first kappa shape index (κ1) is 20.9. The number of rotatable bonds is 7. The monoisotopic (exact) mass is 377 g/mol. The van der Waals surface area contributed by atoms with E-state index in [4.69, 9.17) is 4.99 Å². The highest BCUT2D eigenvalue weighted by Gasteiger charge is 2.17. The lowest BCUT2D eigenvalue weighted by Gasteiger charge is -2.31. The Morgan fingerprint density at radius 3 is 2.62 bits per heavy atom. The number of piperidine rings is 1. The van der Waals surface area contributed by atoms with Gasteiger partial charge in [0.25, 0.3) is 0 Å². The van der Waals surface area contributed by atoms with Gasteiger partial charge in [-0.15, -0.1) is 0 Å². The van der Waals surface area contributed by atoms with Crippen LogP contribution in [0.2, 0.25) is 0 Å². The highest BCUT2D eigenvalue weighted by atomic mass is 32.2. The van der Waals surface area contributed by atoms with Gasteiger partial charge in [-0.1, -0.05) is 13.0 Å². The molecule has 0 radical (unpaired) electrons. The van der Waals surface area contributed by atoms with Gasteiger partial charge in [0.1, 0.15) is 5.82 Å². The lowest BCUT2D eigenvalue weighted by molar-refractivity contribution is 0.436. The van der Waals surface area contributed by atoms with E-state index in [0.717, 1.165) is 49.4 Å². The minimum absolute atomic E-state index is 0.186. The van der Waals surface area contributed by atoms with Gasteiger partial charge in [-0.25, -0.2) is 9.98 Å². The van der Waals surface area contributed by atoms with Gasteiger partial charge in [0.05, 0.1) is 6.54 Å². The fourth-order valence-electron chi connectivity index (χ4n) is 2.82. The first-order valence-corrected chi connectivity index (χ1v) is 10.9. The normalized spacial score (nSPS) is 16.7. The Balaban J connectivity index is 1.92. The van der Waals surface area contributed by atoms with Crippen molar-refractivity contribution in [2.75, 3.05) is 37.3 Å². The fraction of sp³-hybridized carbons (Fsp3) is 0.700. The van der Waals surface area contributed by atoms with Crippen molar-refractivity contribution in [2.45, 2.75) is 51.8 Å². The molecule has 6 heteroatoms. The predicted octanol–water partition coefficient (Wildman–Crippen LogP) is 3.51. The molecule has 1 aliphatic rings. The van der Waals surface area contributed by atoms with E-state index in [-0.39, 0.29) is 4.75 Å². The number of aliphatic imine (C=N–C) groups is 1. The number of nitrogens with zero attached hydrogens (tertiary/aromatic N) is 3. The number of nitrogens with one attached hydrogen (secondary N) is 2. The number of hydrogen-bond acceptors (Lipinski definition) is 4. The van der Waals surface area contributed by atoms with Crippen molar-refractivity contribution in [3.05, 3.63) is 23.9 Å². The average molecular weight is 378 g/mol. The quantitative estimate of drug-likeness (QED) is 0.562. The molecule has 2 rings (SSSR count). The molecule has 0 atom stereocenters. The van der Waals surface area contributed by atoms with Crippen LogP contribution in [0.1, 0.15) is 46.1 Å². The highest BCUT2D eigenvalue weighted by Crippen LogP contribution is 2.21. The second-order valence-corrected chi connectivity index (χ2v) is 9.22. The molecule has 1 aromatic heterocycles. The fourth-order valence-corrected chi connectivity index (χ4v) is 3.03. The second kappa shape index (κ2) is 10.0. The van der Waals surface area contributed by atoms with Crippen LogP contribution in [0, 0.1) is 5.92 Å². The van der Waals surface area contributed by atoms with Gasteiger partial charge in [0, 0.05) is 37.1 Å². The molecule has 5 nitrogen and oxygen atoms in total. The van der Waals surface area contributed by atoms with Gasteiger partial charge in [0.15, 0.2) is 5.96 Å². The Labute approximate surface area is 163 Å². The van der Waals surface area contributed by atoms with Crippen LogP contribution in [0.5, 0.6) is 0 Å². The van der Waals surface area contributed by atoms with Crippen molar-refractivity contribution in [3.63, 3.8) is 0 Å². The van der Waals surface area contributed by atoms with E-state index in [0.29, 0.717) is 6.54 Å². The van der Waals surface area contributed by atoms with Gasteiger partial charge in [-0.2, -0.15) is 11.8 Å². The minimum Gasteiger partial charge on any atom is -0.357 e. The number of guanidine groups is 1. The lowest BCUT2D eigenvalue weighted by atomic mass is 9.99. The largest absolute Gasteiger partial charge is 0.357 e. The summed E-state index contributed by atoms with van der Waals surface area (Å²) in [6.07, 6.45) is 6.63. The van der Waals surface area contributed by atoms with Gasteiger partial charge in [0.2, 0.25) is 0 Å². The molecular weight excluding hydrogens is 342 g/mol. The maximum atomic E-state index is 4.70. The zero-order chi connectivity index (χ0) is 19.0. The number of hydrogen-bond donors (Lipinski definition) is 2. The molecular formula is C20H35N5S. The predicted molar refractivity (Wildman–Crippen MR) is 115 cm³/mol. The van der Waals surface area contributed by atoms with Crippen molar-refractivity contribution in [1.82, 2.24) is 15.6 Å². The summed E-state index contributed by atoms with van der Waals surface area (Å²) in [6, 6.07) is 4.29. The molecule has 26 heavy (non-hydrogen) atoms.